The quantitative estimate of drug-likeness (QED) is 0.482. The molecule has 0 spiro atoms. The molecule has 0 bridgehead atoms. The van der Waals surface area contributed by atoms with E-state index in [9.17, 15) is 14.4 Å². The van der Waals surface area contributed by atoms with Gasteiger partial charge in [-0.1, -0.05) is 19.4 Å². The highest BCUT2D eigenvalue weighted by molar-refractivity contribution is 7.10. The molecule has 32 heavy (non-hydrogen) atoms. The smallest absolute Gasteiger partial charge is 0.327 e. The lowest BCUT2D eigenvalue weighted by atomic mass is 9.77. The van der Waals surface area contributed by atoms with Crippen LogP contribution in [0.4, 0.5) is 5.69 Å². The molecule has 1 aromatic carbocycles. The fraction of sp³-hybridized carbons (Fsp3) is 0.458. The van der Waals surface area contributed by atoms with Crippen LogP contribution in [-0.2, 0) is 19.1 Å². The molecule has 8 heteroatoms. The van der Waals surface area contributed by atoms with Gasteiger partial charge in [-0.3, -0.25) is 19.7 Å². The number of nitrogens with one attached hydrogen (secondary N) is 1. The number of hydrogen-bond acceptors (Lipinski definition) is 7. The molecule has 1 N–H and O–H groups in total. The Kier molecular flexibility index (Phi) is 6.35. The fourth-order valence-electron chi connectivity index (χ4n) is 5.00. The first-order chi connectivity index (χ1) is 15.5. The number of fused-ring (bicyclic) bond motifs is 1. The number of amides is 2. The van der Waals surface area contributed by atoms with Crippen molar-refractivity contribution < 1.29 is 23.9 Å². The number of carbonyl (C=O) groups is 3. The highest BCUT2D eigenvalue weighted by atomic mass is 32.1. The first-order valence-electron chi connectivity index (χ1n) is 11.1. The van der Waals surface area contributed by atoms with Gasteiger partial charge in [0.2, 0.25) is 11.8 Å². The average Bonchev–Trinajstić information content (AvgIpc) is 3.47. The summed E-state index contributed by atoms with van der Waals surface area (Å²) in [6, 6.07) is 10.3. The topological polar surface area (TPSA) is 84.9 Å². The molecule has 4 rings (SSSR count). The lowest BCUT2D eigenvalue weighted by molar-refractivity contribution is -0.155. The van der Waals surface area contributed by atoms with Crippen molar-refractivity contribution in [3.05, 3.63) is 46.7 Å². The van der Waals surface area contributed by atoms with Crippen LogP contribution in [0.25, 0.3) is 0 Å². The second-order valence-electron chi connectivity index (χ2n) is 8.02. The van der Waals surface area contributed by atoms with Crippen molar-refractivity contribution >= 4 is 34.8 Å². The van der Waals surface area contributed by atoms with Crippen LogP contribution in [-0.4, -0.2) is 36.5 Å². The number of ether oxygens (including phenoxy) is 2. The number of hydrogen-bond donors (Lipinski definition) is 1. The van der Waals surface area contributed by atoms with Crippen molar-refractivity contribution in [2.45, 2.75) is 45.2 Å². The summed E-state index contributed by atoms with van der Waals surface area (Å²) in [6.45, 7) is 6.33. The molecule has 0 radical (unpaired) electrons. The highest BCUT2D eigenvalue weighted by Gasteiger charge is 2.68. The Morgan fingerprint density at radius 3 is 2.44 bits per heavy atom. The Balaban J connectivity index is 1.79. The molecule has 170 valence electrons. The SMILES string of the molecule is CCC[C@]1(C(=O)OCC)N[C@@H](c2cccs2)[C@H]2C(=O)N(c3ccc(OCC)cc3)C(=O)[C@H]21. The van der Waals surface area contributed by atoms with E-state index >= 15 is 0 Å². The molecule has 3 heterocycles. The molecule has 4 atom stereocenters. The van der Waals surface area contributed by atoms with Gasteiger partial charge in [-0.15, -0.1) is 11.3 Å². The van der Waals surface area contributed by atoms with Gasteiger partial charge in [0, 0.05) is 4.88 Å². The van der Waals surface area contributed by atoms with E-state index in [0.29, 0.717) is 30.9 Å². The summed E-state index contributed by atoms with van der Waals surface area (Å²) in [5.41, 5.74) is -0.756. The zero-order valence-corrected chi connectivity index (χ0v) is 19.3. The zero-order chi connectivity index (χ0) is 22.9. The van der Waals surface area contributed by atoms with Crippen LogP contribution in [0.3, 0.4) is 0 Å². The second kappa shape index (κ2) is 9.03. The minimum Gasteiger partial charge on any atom is -0.494 e. The van der Waals surface area contributed by atoms with Crippen molar-refractivity contribution in [3.63, 3.8) is 0 Å². The molecule has 2 aliphatic heterocycles. The van der Waals surface area contributed by atoms with Gasteiger partial charge in [-0.05, 0) is 56.0 Å². The maximum absolute atomic E-state index is 13.8. The zero-order valence-electron chi connectivity index (χ0n) is 18.5. The van der Waals surface area contributed by atoms with E-state index < -0.39 is 29.4 Å². The van der Waals surface area contributed by atoms with Crippen LogP contribution in [0.5, 0.6) is 5.75 Å². The summed E-state index contributed by atoms with van der Waals surface area (Å²) in [4.78, 5) is 42.8. The van der Waals surface area contributed by atoms with E-state index in [1.807, 2.05) is 31.4 Å². The molecule has 1 aromatic heterocycles. The van der Waals surface area contributed by atoms with Crippen molar-refractivity contribution in [1.29, 1.82) is 0 Å². The standard InChI is InChI=1S/C24H28N2O5S/c1-4-13-24(23(29)31-6-3)19-18(20(25-24)17-8-7-14-32-17)21(27)26(22(19)28)15-9-11-16(12-10-15)30-5-2/h7-12,14,18-20,25H,4-6,13H2,1-3H3/t18-,19-,20-,24-/m0/s1. The molecule has 2 aromatic rings. The van der Waals surface area contributed by atoms with Crippen LogP contribution in [0.15, 0.2) is 41.8 Å². The van der Waals surface area contributed by atoms with Crippen molar-refractivity contribution in [3.8, 4) is 5.75 Å². The molecule has 2 saturated heterocycles. The summed E-state index contributed by atoms with van der Waals surface area (Å²) >= 11 is 1.51. The average molecular weight is 457 g/mol. The van der Waals surface area contributed by atoms with Crippen LogP contribution in [0.2, 0.25) is 0 Å². The molecule has 2 fully saturated rings. The number of benzene rings is 1. The van der Waals surface area contributed by atoms with Crippen LogP contribution in [0.1, 0.15) is 44.5 Å². The van der Waals surface area contributed by atoms with Gasteiger partial charge in [-0.25, -0.2) is 4.90 Å². The number of anilines is 1. The second-order valence-corrected chi connectivity index (χ2v) is 9.00. The summed E-state index contributed by atoms with van der Waals surface area (Å²) < 4.78 is 10.9. The van der Waals surface area contributed by atoms with Crippen molar-refractivity contribution in [2.75, 3.05) is 18.1 Å². The first kappa shape index (κ1) is 22.5. The van der Waals surface area contributed by atoms with E-state index in [-0.39, 0.29) is 18.4 Å². The molecule has 0 aliphatic carbocycles. The summed E-state index contributed by atoms with van der Waals surface area (Å²) in [7, 11) is 0. The highest BCUT2D eigenvalue weighted by Crippen LogP contribution is 2.52. The van der Waals surface area contributed by atoms with Crippen molar-refractivity contribution in [1.82, 2.24) is 5.32 Å². The molecule has 7 nitrogen and oxygen atoms in total. The molecule has 0 saturated carbocycles. The Bertz CT molecular complexity index is 990. The van der Waals surface area contributed by atoms with E-state index in [1.165, 1.54) is 16.2 Å². The molecular weight excluding hydrogens is 428 g/mol. The monoisotopic (exact) mass is 456 g/mol. The van der Waals surface area contributed by atoms with Gasteiger partial charge in [0.25, 0.3) is 0 Å². The number of carbonyl (C=O) groups excluding carboxylic acids is 3. The maximum Gasteiger partial charge on any atom is 0.327 e. The third-order valence-electron chi connectivity index (χ3n) is 6.19. The molecular formula is C24H28N2O5S. The molecule has 2 amide bonds. The van der Waals surface area contributed by atoms with E-state index in [1.54, 1.807) is 31.2 Å². The lowest BCUT2D eigenvalue weighted by Gasteiger charge is -2.32. The lowest BCUT2D eigenvalue weighted by Crippen LogP contribution is -2.56. The summed E-state index contributed by atoms with van der Waals surface area (Å²) in [6.07, 6.45) is 1.07. The number of imide groups is 1. The van der Waals surface area contributed by atoms with Gasteiger partial charge in [0.15, 0.2) is 0 Å². The predicted molar refractivity (Wildman–Crippen MR) is 122 cm³/mol. The first-order valence-corrected chi connectivity index (χ1v) is 11.9. The normalized spacial score (nSPS) is 27.0. The fourth-order valence-corrected chi connectivity index (χ4v) is 5.82. The summed E-state index contributed by atoms with van der Waals surface area (Å²) in [5.74, 6) is -1.96. The minimum absolute atomic E-state index is 0.206. The van der Waals surface area contributed by atoms with Gasteiger partial charge >= 0.3 is 5.97 Å². The van der Waals surface area contributed by atoms with Crippen LogP contribution in [0, 0.1) is 11.8 Å². The van der Waals surface area contributed by atoms with E-state index in [4.69, 9.17) is 9.47 Å². The minimum atomic E-state index is -1.24. The number of rotatable bonds is 8. The number of esters is 1. The van der Waals surface area contributed by atoms with Crippen LogP contribution >= 0.6 is 11.3 Å². The van der Waals surface area contributed by atoms with E-state index in [2.05, 4.69) is 5.32 Å². The van der Waals surface area contributed by atoms with Gasteiger partial charge in [0.1, 0.15) is 11.3 Å². The Hall–Kier alpha value is -2.71. The van der Waals surface area contributed by atoms with Gasteiger partial charge in [0.05, 0.1) is 36.8 Å². The molecule has 0 unspecified atom stereocenters. The van der Waals surface area contributed by atoms with Crippen molar-refractivity contribution in [2.24, 2.45) is 11.8 Å². The van der Waals surface area contributed by atoms with Gasteiger partial charge < -0.3 is 9.47 Å². The third kappa shape index (κ3) is 3.51. The van der Waals surface area contributed by atoms with Gasteiger partial charge in [-0.2, -0.15) is 0 Å². The Morgan fingerprint density at radius 2 is 1.84 bits per heavy atom. The third-order valence-corrected chi connectivity index (χ3v) is 7.15. The maximum atomic E-state index is 13.8. The Labute approximate surface area is 191 Å². The molecule has 2 aliphatic rings. The largest absolute Gasteiger partial charge is 0.494 e. The number of thiophene rings is 1. The number of nitrogens with zero attached hydrogens (tertiary/aromatic N) is 1. The van der Waals surface area contributed by atoms with Crippen LogP contribution < -0.4 is 15.0 Å². The van der Waals surface area contributed by atoms with E-state index in [0.717, 1.165) is 4.88 Å². The predicted octanol–water partition coefficient (Wildman–Crippen LogP) is 3.70. The Morgan fingerprint density at radius 1 is 1.09 bits per heavy atom. The summed E-state index contributed by atoms with van der Waals surface area (Å²) in [5, 5.41) is 5.33.